The fourth-order valence-corrected chi connectivity index (χ4v) is 2.74. The molecule has 1 aromatic rings. The molecular weight excluding hydrogens is 274 g/mol. The van der Waals surface area contributed by atoms with E-state index in [2.05, 4.69) is 9.88 Å². The standard InChI is InChI=1S/C13H17F4N3/c1-3-20-6-4-5-8(20)7-19(2)11-9(14)12(16)18-13(17)10(11)15/h8H,3-7H2,1-2H3. The molecule has 3 nitrogen and oxygen atoms in total. The molecular formula is C13H17F4N3. The van der Waals surface area contributed by atoms with Gasteiger partial charge in [-0.15, -0.1) is 0 Å². The third-order valence-electron chi connectivity index (χ3n) is 3.75. The van der Waals surface area contributed by atoms with E-state index < -0.39 is 29.2 Å². The predicted molar refractivity (Wildman–Crippen MR) is 67.6 cm³/mol. The zero-order valence-electron chi connectivity index (χ0n) is 11.5. The molecule has 1 aliphatic rings. The van der Waals surface area contributed by atoms with Crippen LogP contribution in [0.4, 0.5) is 23.2 Å². The number of hydrogen-bond acceptors (Lipinski definition) is 3. The molecule has 1 fully saturated rings. The van der Waals surface area contributed by atoms with Crippen LogP contribution in [0.3, 0.4) is 0 Å². The highest BCUT2D eigenvalue weighted by atomic mass is 19.2. The lowest BCUT2D eigenvalue weighted by atomic mass is 10.2. The van der Waals surface area contributed by atoms with Gasteiger partial charge in [0.25, 0.3) is 11.9 Å². The Bertz CT molecular complexity index is 469. The molecule has 0 N–H and O–H groups in total. The minimum Gasteiger partial charge on any atom is -0.368 e. The predicted octanol–water partition coefficient (Wildman–Crippen LogP) is 2.56. The van der Waals surface area contributed by atoms with E-state index in [0.29, 0.717) is 6.54 Å². The summed E-state index contributed by atoms with van der Waals surface area (Å²) in [6, 6.07) is 0.128. The summed E-state index contributed by atoms with van der Waals surface area (Å²) in [5.74, 6) is -6.14. The molecule has 0 aromatic carbocycles. The molecule has 0 bridgehead atoms. The molecule has 112 valence electrons. The fourth-order valence-electron chi connectivity index (χ4n) is 2.74. The number of nitrogens with zero attached hydrogens (tertiary/aromatic N) is 3. The van der Waals surface area contributed by atoms with Crippen LogP contribution in [0.1, 0.15) is 19.8 Å². The van der Waals surface area contributed by atoms with Crippen molar-refractivity contribution in [3.05, 3.63) is 23.5 Å². The third kappa shape index (κ3) is 2.72. The topological polar surface area (TPSA) is 19.4 Å². The number of pyridine rings is 1. The first-order valence-corrected chi connectivity index (χ1v) is 6.60. The monoisotopic (exact) mass is 291 g/mol. The number of halogens is 4. The van der Waals surface area contributed by atoms with Crippen LogP contribution >= 0.6 is 0 Å². The molecule has 0 amide bonds. The van der Waals surface area contributed by atoms with Crippen LogP contribution in [-0.2, 0) is 0 Å². The number of likely N-dealkylation sites (tertiary alicyclic amines) is 1. The molecule has 1 aromatic heterocycles. The summed E-state index contributed by atoms with van der Waals surface area (Å²) in [6.07, 6.45) is 1.91. The largest absolute Gasteiger partial charge is 0.368 e. The molecule has 0 aliphatic carbocycles. The van der Waals surface area contributed by atoms with Gasteiger partial charge in [-0.25, -0.2) is 0 Å². The van der Waals surface area contributed by atoms with Crippen molar-refractivity contribution in [2.45, 2.75) is 25.8 Å². The highest BCUT2D eigenvalue weighted by Crippen LogP contribution is 2.27. The van der Waals surface area contributed by atoms with Crippen LogP contribution in [0.15, 0.2) is 0 Å². The van der Waals surface area contributed by atoms with Gasteiger partial charge in [0.15, 0.2) is 0 Å². The van der Waals surface area contributed by atoms with Crippen LogP contribution < -0.4 is 4.90 Å². The van der Waals surface area contributed by atoms with Crippen molar-refractivity contribution in [3.63, 3.8) is 0 Å². The molecule has 1 unspecified atom stereocenters. The molecule has 20 heavy (non-hydrogen) atoms. The highest BCUT2D eigenvalue weighted by Gasteiger charge is 2.28. The summed E-state index contributed by atoms with van der Waals surface area (Å²) in [5.41, 5.74) is -0.696. The smallest absolute Gasteiger partial charge is 0.253 e. The van der Waals surface area contributed by atoms with Crippen LogP contribution in [0.5, 0.6) is 0 Å². The Kier molecular flexibility index (Phi) is 4.47. The minimum atomic E-state index is -1.62. The second-order valence-electron chi connectivity index (χ2n) is 4.98. The highest BCUT2D eigenvalue weighted by molar-refractivity contribution is 5.47. The Morgan fingerprint density at radius 3 is 2.35 bits per heavy atom. The number of rotatable bonds is 4. The summed E-state index contributed by atoms with van der Waals surface area (Å²) in [5, 5.41) is 0. The normalized spacial score (nSPS) is 19.6. The van der Waals surface area contributed by atoms with Gasteiger partial charge in [0.1, 0.15) is 5.69 Å². The number of anilines is 1. The molecule has 1 aliphatic heterocycles. The average Bonchev–Trinajstić information content (AvgIpc) is 2.84. The Morgan fingerprint density at radius 1 is 1.20 bits per heavy atom. The van der Waals surface area contributed by atoms with Crippen molar-refractivity contribution in [3.8, 4) is 0 Å². The van der Waals surface area contributed by atoms with E-state index in [1.807, 2.05) is 6.92 Å². The van der Waals surface area contributed by atoms with Crippen molar-refractivity contribution in [2.75, 3.05) is 31.6 Å². The molecule has 7 heteroatoms. The van der Waals surface area contributed by atoms with E-state index in [0.717, 1.165) is 25.9 Å². The van der Waals surface area contributed by atoms with Gasteiger partial charge < -0.3 is 4.90 Å². The number of hydrogen-bond donors (Lipinski definition) is 0. The van der Waals surface area contributed by atoms with Gasteiger partial charge in [0, 0.05) is 19.6 Å². The maximum atomic E-state index is 13.6. The van der Waals surface area contributed by atoms with E-state index in [-0.39, 0.29) is 6.04 Å². The molecule has 1 saturated heterocycles. The summed E-state index contributed by atoms with van der Waals surface area (Å²) in [6.45, 7) is 4.08. The number of aromatic nitrogens is 1. The summed E-state index contributed by atoms with van der Waals surface area (Å²) in [7, 11) is 1.42. The molecule has 1 atom stereocenters. The van der Waals surface area contributed by atoms with Crippen LogP contribution in [-0.4, -0.2) is 42.6 Å². The molecule has 2 rings (SSSR count). The first-order valence-electron chi connectivity index (χ1n) is 6.60. The van der Waals surface area contributed by atoms with Gasteiger partial charge in [-0.1, -0.05) is 6.92 Å². The summed E-state index contributed by atoms with van der Waals surface area (Å²) in [4.78, 5) is 5.96. The molecule has 0 spiro atoms. The Labute approximate surface area is 115 Å². The van der Waals surface area contributed by atoms with Gasteiger partial charge >= 0.3 is 0 Å². The van der Waals surface area contributed by atoms with Gasteiger partial charge in [-0.2, -0.15) is 22.5 Å². The van der Waals surface area contributed by atoms with Gasteiger partial charge in [0.2, 0.25) is 11.6 Å². The van der Waals surface area contributed by atoms with Crippen molar-refractivity contribution in [1.82, 2.24) is 9.88 Å². The van der Waals surface area contributed by atoms with E-state index in [9.17, 15) is 17.6 Å². The lowest BCUT2D eigenvalue weighted by Gasteiger charge is -2.29. The van der Waals surface area contributed by atoms with E-state index in [4.69, 9.17) is 0 Å². The third-order valence-corrected chi connectivity index (χ3v) is 3.75. The van der Waals surface area contributed by atoms with Crippen molar-refractivity contribution < 1.29 is 17.6 Å². The van der Waals surface area contributed by atoms with E-state index in [1.165, 1.54) is 11.9 Å². The number of likely N-dealkylation sites (N-methyl/N-ethyl adjacent to an activating group) is 2. The maximum Gasteiger partial charge on any atom is 0.253 e. The lowest BCUT2D eigenvalue weighted by Crippen LogP contribution is -2.39. The zero-order valence-corrected chi connectivity index (χ0v) is 11.5. The fraction of sp³-hybridized carbons (Fsp3) is 0.615. The second kappa shape index (κ2) is 5.95. The minimum absolute atomic E-state index is 0.128. The van der Waals surface area contributed by atoms with Crippen LogP contribution in [0.2, 0.25) is 0 Å². The summed E-state index contributed by atoms with van der Waals surface area (Å²) < 4.78 is 53.5. The maximum absolute atomic E-state index is 13.6. The molecule has 0 radical (unpaired) electrons. The van der Waals surface area contributed by atoms with Gasteiger partial charge in [-0.3, -0.25) is 4.90 Å². The van der Waals surface area contributed by atoms with Crippen LogP contribution in [0, 0.1) is 23.5 Å². The first kappa shape index (κ1) is 15.0. The Hall–Kier alpha value is -1.37. The molecule has 0 saturated carbocycles. The first-order chi connectivity index (χ1) is 9.45. The van der Waals surface area contributed by atoms with Crippen molar-refractivity contribution in [1.29, 1.82) is 0 Å². The lowest BCUT2D eigenvalue weighted by molar-refractivity contribution is 0.269. The van der Waals surface area contributed by atoms with Crippen molar-refractivity contribution in [2.24, 2.45) is 0 Å². The van der Waals surface area contributed by atoms with Gasteiger partial charge in [0.05, 0.1) is 0 Å². The average molecular weight is 291 g/mol. The van der Waals surface area contributed by atoms with E-state index >= 15 is 0 Å². The van der Waals surface area contributed by atoms with Gasteiger partial charge in [-0.05, 0) is 25.9 Å². The Balaban J connectivity index is 2.23. The van der Waals surface area contributed by atoms with Crippen LogP contribution in [0.25, 0.3) is 0 Å². The van der Waals surface area contributed by atoms with Crippen molar-refractivity contribution >= 4 is 5.69 Å². The zero-order chi connectivity index (χ0) is 14.9. The Morgan fingerprint density at radius 2 is 1.80 bits per heavy atom. The molecule has 2 heterocycles. The SMILES string of the molecule is CCN1CCCC1CN(C)c1c(F)c(F)nc(F)c1F. The van der Waals surface area contributed by atoms with E-state index in [1.54, 1.807) is 0 Å². The summed E-state index contributed by atoms with van der Waals surface area (Å²) >= 11 is 0. The second-order valence-corrected chi connectivity index (χ2v) is 4.98. The quantitative estimate of drug-likeness (QED) is 0.628.